The largest absolute Gasteiger partial charge is 0.382 e. The minimum Gasteiger partial charge on any atom is -0.382 e. The predicted molar refractivity (Wildman–Crippen MR) is 94.6 cm³/mol. The molecule has 0 aromatic rings. The number of guanidine groups is 1. The van der Waals surface area contributed by atoms with Gasteiger partial charge >= 0.3 is 0 Å². The summed E-state index contributed by atoms with van der Waals surface area (Å²) in [5.41, 5.74) is 0. The minimum absolute atomic E-state index is 0. The average molecular weight is 385 g/mol. The normalized spacial score (nSPS) is 11.3. The molecule has 0 amide bonds. The number of unbranched alkanes of at least 4 members (excludes halogenated alkanes) is 1. The van der Waals surface area contributed by atoms with Crippen LogP contribution in [0.4, 0.5) is 0 Å². The van der Waals surface area contributed by atoms with Gasteiger partial charge in [-0.15, -0.1) is 24.0 Å². The number of aliphatic imine (C=N–C) groups is 1. The second-order valence-corrected chi connectivity index (χ2v) is 4.87. The van der Waals surface area contributed by atoms with E-state index in [9.17, 15) is 0 Å². The number of nitrogens with zero attached hydrogens (tertiary/aromatic N) is 1. The first-order chi connectivity index (χ1) is 8.70. The molecular formula is C14H32IN3O. The van der Waals surface area contributed by atoms with Crippen molar-refractivity contribution in [2.75, 3.05) is 33.4 Å². The molecule has 0 spiro atoms. The standard InChI is InChI=1S/C14H31N3O.HI/c1-5-18-12-7-6-10-16-14(15-4)17-11-8-9-13(2)3;/h13H,5-12H2,1-4H3,(H2,15,16,17);1H. The molecule has 0 unspecified atom stereocenters. The van der Waals surface area contributed by atoms with Crippen molar-refractivity contribution in [3.05, 3.63) is 0 Å². The van der Waals surface area contributed by atoms with E-state index in [1.54, 1.807) is 0 Å². The summed E-state index contributed by atoms with van der Waals surface area (Å²) in [7, 11) is 1.82. The molecule has 0 rings (SSSR count). The van der Waals surface area contributed by atoms with Crippen LogP contribution in [-0.2, 0) is 4.74 Å². The zero-order valence-electron chi connectivity index (χ0n) is 13.0. The van der Waals surface area contributed by atoms with E-state index in [-0.39, 0.29) is 24.0 Å². The van der Waals surface area contributed by atoms with Crippen LogP contribution in [-0.4, -0.2) is 39.3 Å². The fourth-order valence-electron chi connectivity index (χ4n) is 1.62. The molecule has 0 saturated carbocycles. The summed E-state index contributed by atoms with van der Waals surface area (Å²) in [5.74, 6) is 1.69. The lowest BCUT2D eigenvalue weighted by Gasteiger charge is -2.12. The van der Waals surface area contributed by atoms with Crippen molar-refractivity contribution in [3.8, 4) is 0 Å². The molecule has 0 aliphatic rings. The Labute approximate surface area is 136 Å². The molecule has 0 aromatic heterocycles. The van der Waals surface area contributed by atoms with Crippen LogP contribution in [0.15, 0.2) is 4.99 Å². The van der Waals surface area contributed by atoms with E-state index in [0.717, 1.165) is 51.0 Å². The van der Waals surface area contributed by atoms with E-state index in [0.29, 0.717) is 0 Å². The van der Waals surface area contributed by atoms with Gasteiger partial charge in [-0.25, -0.2) is 0 Å². The van der Waals surface area contributed by atoms with Crippen LogP contribution in [0, 0.1) is 5.92 Å². The van der Waals surface area contributed by atoms with E-state index in [1.165, 1.54) is 12.8 Å². The maximum atomic E-state index is 5.30. The maximum Gasteiger partial charge on any atom is 0.190 e. The van der Waals surface area contributed by atoms with Crippen LogP contribution in [0.1, 0.15) is 46.5 Å². The van der Waals surface area contributed by atoms with Gasteiger partial charge in [-0.1, -0.05) is 13.8 Å². The summed E-state index contributed by atoms with van der Waals surface area (Å²) in [5, 5.41) is 6.65. The topological polar surface area (TPSA) is 45.6 Å². The van der Waals surface area contributed by atoms with E-state index in [1.807, 2.05) is 14.0 Å². The smallest absolute Gasteiger partial charge is 0.190 e. The first-order valence-corrected chi connectivity index (χ1v) is 7.23. The Hall–Kier alpha value is -0.0400. The summed E-state index contributed by atoms with van der Waals surface area (Å²) in [6.07, 6.45) is 4.68. The summed E-state index contributed by atoms with van der Waals surface area (Å²) in [6.45, 7) is 10.2. The van der Waals surface area contributed by atoms with Gasteiger partial charge < -0.3 is 15.4 Å². The van der Waals surface area contributed by atoms with Gasteiger partial charge in [0.25, 0.3) is 0 Å². The zero-order valence-corrected chi connectivity index (χ0v) is 15.3. The lowest BCUT2D eigenvalue weighted by molar-refractivity contribution is 0.143. The molecule has 19 heavy (non-hydrogen) atoms. The van der Waals surface area contributed by atoms with Crippen molar-refractivity contribution in [1.82, 2.24) is 10.6 Å². The van der Waals surface area contributed by atoms with Gasteiger partial charge in [0.05, 0.1) is 0 Å². The van der Waals surface area contributed by atoms with Crippen molar-refractivity contribution < 1.29 is 4.74 Å². The molecule has 0 atom stereocenters. The Balaban J connectivity index is 0. The van der Waals surface area contributed by atoms with Gasteiger partial charge in [0.15, 0.2) is 5.96 Å². The molecule has 0 saturated heterocycles. The van der Waals surface area contributed by atoms with E-state index >= 15 is 0 Å². The number of hydrogen-bond acceptors (Lipinski definition) is 2. The van der Waals surface area contributed by atoms with Crippen LogP contribution >= 0.6 is 24.0 Å². The molecule has 0 aromatic carbocycles. The molecule has 0 fully saturated rings. The molecule has 0 bridgehead atoms. The number of ether oxygens (including phenoxy) is 1. The number of nitrogens with one attached hydrogen (secondary N) is 2. The highest BCUT2D eigenvalue weighted by Crippen LogP contribution is 2.01. The third kappa shape index (κ3) is 15.9. The molecular weight excluding hydrogens is 353 g/mol. The molecule has 0 aliphatic heterocycles. The Bertz CT molecular complexity index is 211. The first-order valence-electron chi connectivity index (χ1n) is 7.23. The summed E-state index contributed by atoms with van der Waals surface area (Å²) in [4.78, 5) is 4.20. The fourth-order valence-corrected chi connectivity index (χ4v) is 1.62. The Morgan fingerprint density at radius 3 is 2.26 bits per heavy atom. The van der Waals surface area contributed by atoms with Gasteiger partial charge in [-0.3, -0.25) is 4.99 Å². The maximum absolute atomic E-state index is 5.30. The third-order valence-electron chi connectivity index (χ3n) is 2.69. The van der Waals surface area contributed by atoms with Crippen molar-refractivity contribution in [3.63, 3.8) is 0 Å². The molecule has 0 heterocycles. The van der Waals surface area contributed by atoms with Crippen LogP contribution in [0.3, 0.4) is 0 Å². The highest BCUT2D eigenvalue weighted by molar-refractivity contribution is 14.0. The molecule has 0 radical (unpaired) electrons. The lowest BCUT2D eigenvalue weighted by atomic mass is 10.1. The van der Waals surface area contributed by atoms with E-state index < -0.39 is 0 Å². The highest BCUT2D eigenvalue weighted by atomic mass is 127. The highest BCUT2D eigenvalue weighted by Gasteiger charge is 1.97. The van der Waals surface area contributed by atoms with Gasteiger partial charge in [0, 0.05) is 33.4 Å². The Kier molecular flexibility index (Phi) is 17.9. The molecule has 2 N–H and O–H groups in total. The third-order valence-corrected chi connectivity index (χ3v) is 2.69. The second kappa shape index (κ2) is 16.0. The van der Waals surface area contributed by atoms with Crippen molar-refractivity contribution in [2.24, 2.45) is 10.9 Å². The lowest BCUT2D eigenvalue weighted by Crippen LogP contribution is -2.38. The SMILES string of the molecule is CCOCCCCNC(=NC)NCCCC(C)C.I. The van der Waals surface area contributed by atoms with E-state index in [2.05, 4.69) is 29.5 Å². The van der Waals surface area contributed by atoms with Gasteiger partial charge in [0.2, 0.25) is 0 Å². The number of rotatable bonds is 10. The fraction of sp³-hybridized carbons (Fsp3) is 0.929. The van der Waals surface area contributed by atoms with Gasteiger partial charge in [0.1, 0.15) is 0 Å². The molecule has 116 valence electrons. The monoisotopic (exact) mass is 385 g/mol. The predicted octanol–water partition coefficient (Wildman–Crippen LogP) is 3.02. The van der Waals surface area contributed by atoms with Crippen molar-refractivity contribution in [2.45, 2.75) is 46.5 Å². The summed E-state index contributed by atoms with van der Waals surface area (Å²) < 4.78 is 5.30. The van der Waals surface area contributed by atoms with Gasteiger partial charge in [-0.05, 0) is 38.5 Å². The zero-order chi connectivity index (χ0) is 13.6. The van der Waals surface area contributed by atoms with Gasteiger partial charge in [-0.2, -0.15) is 0 Å². The molecule has 0 aliphatic carbocycles. The quantitative estimate of drug-likeness (QED) is 0.263. The number of hydrogen-bond donors (Lipinski definition) is 2. The Morgan fingerprint density at radius 2 is 1.74 bits per heavy atom. The van der Waals surface area contributed by atoms with Crippen LogP contribution < -0.4 is 10.6 Å². The summed E-state index contributed by atoms with van der Waals surface area (Å²) in [6, 6.07) is 0. The molecule has 4 nitrogen and oxygen atoms in total. The number of halogens is 1. The molecule has 5 heteroatoms. The average Bonchev–Trinajstić information content (AvgIpc) is 2.35. The Morgan fingerprint density at radius 1 is 1.11 bits per heavy atom. The van der Waals surface area contributed by atoms with Crippen LogP contribution in [0.25, 0.3) is 0 Å². The van der Waals surface area contributed by atoms with Crippen LogP contribution in [0.2, 0.25) is 0 Å². The van der Waals surface area contributed by atoms with E-state index in [4.69, 9.17) is 4.74 Å². The first kappa shape index (κ1) is 21.3. The van der Waals surface area contributed by atoms with Crippen LogP contribution in [0.5, 0.6) is 0 Å². The second-order valence-electron chi connectivity index (χ2n) is 4.87. The van der Waals surface area contributed by atoms with Crippen molar-refractivity contribution >= 4 is 29.9 Å². The van der Waals surface area contributed by atoms with Crippen molar-refractivity contribution in [1.29, 1.82) is 0 Å². The minimum atomic E-state index is 0. The summed E-state index contributed by atoms with van der Waals surface area (Å²) >= 11 is 0.